The Hall–Kier alpha value is -3.56. The van der Waals surface area contributed by atoms with Crippen LogP contribution in [0, 0.1) is 13.8 Å². The minimum atomic E-state index is -4.17. The number of sulfonamides is 1. The normalized spacial score (nSPS) is 14.3. The number of nitrogens with one attached hydrogen (secondary N) is 1. The summed E-state index contributed by atoms with van der Waals surface area (Å²) in [5, 5.41) is 3.45. The van der Waals surface area contributed by atoms with E-state index in [1.54, 1.807) is 56.5 Å². The molecule has 10 heteroatoms. The van der Waals surface area contributed by atoms with Gasteiger partial charge in [-0.2, -0.15) is 0 Å². The van der Waals surface area contributed by atoms with Crippen LogP contribution in [0.5, 0.6) is 5.75 Å². The molecular weight excluding hydrogens is 574 g/mol. The van der Waals surface area contributed by atoms with Crippen molar-refractivity contribution in [2.75, 3.05) is 18.0 Å². The molecule has 224 valence electrons. The van der Waals surface area contributed by atoms with Gasteiger partial charge in [-0.05, 0) is 81.1 Å². The molecule has 0 bridgehead atoms. The minimum absolute atomic E-state index is 0.0453. The van der Waals surface area contributed by atoms with E-state index in [-0.39, 0.29) is 29.1 Å². The molecule has 3 aromatic rings. The summed E-state index contributed by atoms with van der Waals surface area (Å²) < 4.78 is 34.4. The fourth-order valence-corrected chi connectivity index (χ4v) is 6.63. The monoisotopic (exact) mass is 611 g/mol. The first-order valence-corrected chi connectivity index (χ1v) is 15.9. The smallest absolute Gasteiger partial charge is 0.264 e. The van der Waals surface area contributed by atoms with Crippen LogP contribution in [-0.4, -0.2) is 50.9 Å². The number of carbonyl (C=O) groups is 2. The highest BCUT2D eigenvalue weighted by molar-refractivity contribution is 7.92. The molecule has 1 aliphatic carbocycles. The first kappa shape index (κ1) is 31.4. The second kappa shape index (κ2) is 13.6. The van der Waals surface area contributed by atoms with Gasteiger partial charge in [-0.3, -0.25) is 13.9 Å². The number of nitrogens with zero attached hydrogens (tertiary/aromatic N) is 2. The van der Waals surface area contributed by atoms with Crippen LogP contribution in [0.15, 0.2) is 71.6 Å². The lowest BCUT2D eigenvalue weighted by Crippen LogP contribution is -2.52. The van der Waals surface area contributed by atoms with Crippen molar-refractivity contribution in [2.45, 2.75) is 70.0 Å². The summed E-state index contributed by atoms with van der Waals surface area (Å²) in [6.07, 6.45) is 3.91. The third-order valence-electron chi connectivity index (χ3n) is 7.69. The van der Waals surface area contributed by atoms with Crippen molar-refractivity contribution in [3.63, 3.8) is 0 Å². The molecule has 1 unspecified atom stereocenters. The Balaban J connectivity index is 1.71. The topological polar surface area (TPSA) is 96.0 Å². The minimum Gasteiger partial charge on any atom is -0.497 e. The highest BCUT2D eigenvalue weighted by atomic mass is 35.5. The van der Waals surface area contributed by atoms with Gasteiger partial charge in [-0.15, -0.1) is 0 Å². The molecule has 2 amide bonds. The van der Waals surface area contributed by atoms with Crippen LogP contribution >= 0.6 is 11.6 Å². The average molecular weight is 612 g/mol. The average Bonchev–Trinajstić information content (AvgIpc) is 3.49. The Kier molecular flexibility index (Phi) is 10.2. The van der Waals surface area contributed by atoms with Gasteiger partial charge in [0.25, 0.3) is 10.0 Å². The molecule has 8 nitrogen and oxygen atoms in total. The molecule has 0 heterocycles. The second-order valence-electron chi connectivity index (χ2n) is 10.8. The Labute approximate surface area is 253 Å². The highest BCUT2D eigenvalue weighted by Gasteiger charge is 2.33. The van der Waals surface area contributed by atoms with Crippen LogP contribution < -0.4 is 14.4 Å². The first-order valence-electron chi connectivity index (χ1n) is 14.1. The molecule has 0 aromatic heterocycles. The van der Waals surface area contributed by atoms with Gasteiger partial charge in [-0.25, -0.2) is 8.42 Å². The molecule has 42 heavy (non-hydrogen) atoms. The summed E-state index contributed by atoms with van der Waals surface area (Å²) in [6, 6.07) is 17.8. The number of aryl methyl sites for hydroxylation is 2. The maximum Gasteiger partial charge on any atom is 0.264 e. The third kappa shape index (κ3) is 7.44. The van der Waals surface area contributed by atoms with Gasteiger partial charge in [0.15, 0.2) is 0 Å². The molecular formula is C32H38ClN3O5S. The number of carbonyl (C=O) groups excluding carboxylic acids is 2. The molecule has 1 aliphatic rings. The fourth-order valence-electron chi connectivity index (χ4n) is 5.05. The maximum absolute atomic E-state index is 14.1. The van der Waals surface area contributed by atoms with E-state index < -0.39 is 28.5 Å². The summed E-state index contributed by atoms with van der Waals surface area (Å²) in [7, 11) is -2.61. The van der Waals surface area contributed by atoms with Gasteiger partial charge in [0.05, 0.1) is 17.7 Å². The zero-order chi connectivity index (χ0) is 30.4. The third-order valence-corrected chi connectivity index (χ3v) is 9.88. The lowest BCUT2D eigenvalue weighted by molar-refractivity contribution is -0.139. The van der Waals surface area contributed by atoms with Gasteiger partial charge < -0.3 is 15.0 Å². The maximum atomic E-state index is 14.1. The number of hydrogen-bond acceptors (Lipinski definition) is 5. The standard InChI is InChI=1S/C32H38ClN3O5S/c1-22-12-16-29(17-13-22)42(39,40)36(27-15-14-23(2)30(33)19-27)21-31(37)35(20-25-8-7-11-28(18-25)41-4)24(3)32(38)34-26-9-5-6-10-26/h7-8,11-19,24,26H,5-6,9-10,20-21H2,1-4H3,(H,34,38). The van der Waals surface area contributed by atoms with Crippen LogP contribution in [0.25, 0.3) is 0 Å². The lowest BCUT2D eigenvalue weighted by Gasteiger charge is -2.32. The number of anilines is 1. The van der Waals surface area contributed by atoms with E-state index in [1.807, 2.05) is 26.0 Å². The molecule has 3 aromatic carbocycles. The van der Waals surface area contributed by atoms with Crippen molar-refractivity contribution in [2.24, 2.45) is 0 Å². The zero-order valence-corrected chi connectivity index (χ0v) is 26.0. The van der Waals surface area contributed by atoms with E-state index in [2.05, 4.69) is 5.32 Å². The van der Waals surface area contributed by atoms with Gasteiger partial charge >= 0.3 is 0 Å². The number of ether oxygens (including phenoxy) is 1. The van der Waals surface area contributed by atoms with Crippen LogP contribution in [0.1, 0.15) is 49.3 Å². The van der Waals surface area contributed by atoms with Crippen molar-refractivity contribution >= 4 is 39.1 Å². The van der Waals surface area contributed by atoms with Gasteiger partial charge in [0.1, 0.15) is 18.3 Å². The number of halogens is 1. The van der Waals surface area contributed by atoms with Crippen LogP contribution in [0.2, 0.25) is 5.02 Å². The number of rotatable bonds is 11. The van der Waals surface area contributed by atoms with Gasteiger partial charge in [0.2, 0.25) is 11.8 Å². The summed E-state index contributed by atoms with van der Waals surface area (Å²) in [5.41, 5.74) is 2.68. The second-order valence-corrected chi connectivity index (χ2v) is 13.1. The van der Waals surface area contributed by atoms with Crippen molar-refractivity contribution in [3.8, 4) is 5.75 Å². The Bertz CT molecular complexity index is 1520. The van der Waals surface area contributed by atoms with E-state index in [0.717, 1.165) is 46.7 Å². The molecule has 1 N–H and O–H groups in total. The van der Waals surface area contributed by atoms with E-state index in [9.17, 15) is 18.0 Å². The first-order chi connectivity index (χ1) is 20.0. The van der Waals surface area contributed by atoms with E-state index in [1.165, 1.54) is 17.0 Å². The van der Waals surface area contributed by atoms with Crippen molar-refractivity contribution in [1.29, 1.82) is 0 Å². The number of hydrogen-bond donors (Lipinski definition) is 1. The van der Waals surface area contributed by atoms with Gasteiger partial charge in [-0.1, -0.05) is 60.3 Å². The number of benzene rings is 3. The van der Waals surface area contributed by atoms with Crippen molar-refractivity contribution in [3.05, 3.63) is 88.4 Å². The van der Waals surface area contributed by atoms with Crippen LogP contribution in [0.4, 0.5) is 5.69 Å². The fraction of sp³-hybridized carbons (Fsp3) is 0.375. The molecule has 0 aliphatic heterocycles. The van der Waals surface area contributed by atoms with E-state index in [0.29, 0.717) is 10.8 Å². The molecule has 1 saturated carbocycles. The predicted octanol–water partition coefficient (Wildman–Crippen LogP) is 5.64. The van der Waals surface area contributed by atoms with E-state index in [4.69, 9.17) is 16.3 Å². The Morgan fingerprint density at radius 1 is 1.02 bits per heavy atom. The van der Waals surface area contributed by atoms with E-state index >= 15 is 0 Å². The van der Waals surface area contributed by atoms with Crippen LogP contribution in [-0.2, 0) is 26.2 Å². The quantitative estimate of drug-likeness (QED) is 0.303. The number of amides is 2. The largest absolute Gasteiger partial charge is 0.497 e. The lowest BCUT2D eigenvalue weighted by atomic mass is 10.1. The van der Waals surface area contributed by atoms with Crippen molar-refractivity contribution in [1.82, 2.24) is 10.2 Å². The van der Waals surface area contributed by atoms with Crippen molar-refractivity contribution < 1.29 is 22.7 Å². The summed E-state index contributed by atoms with van der Waals surface area (Å²) in [4.78, 5) is 29.0. The van der Waals surface area contributed by atoms with Gasteiger partial charge in [0, 0.05) is 17.6 Å². The summed E-state index contributed by atoms with van der Waals surface area (Å²) in [6.45, 7) is 4.91. The molecule has 1 fully saturated rings. The Morgan fingerprint density at radius 2 is 1.71 bits per heavy atom. The SMILES string of the molecule is COc1cccc(CN(C(=O)CN(c2ccc(C)c(Cl)c2)S(=O)(=O)c2ccc(C)cc2)C(C)C(=O)NC2CCCC2)c1. The molecule has 0 saturated heterocycles. The van der Waals surface area contributed by atoms with Crippen LogP contribution in [0.3, 0.4) is 0 Å². The highest BCUT2D eigenvalue weighted by Crippen LogP contribution is 2.29. The predicted molar refractivity (Wildman–Crippen MR) is 165 cm³/mol. The molecule has 0 radical (unpaired) electrons. The summed E-state index contributed by atoms with van der Waals surface area (Å²) >= 11 is 6.40. The molecule has 1 atom stereocenters. The molecule has 4 rings (SSSR count). The molecule has 0 spiro atoms. The zero-order valence-electron chi connectivity index (χ0n) is 24.5. The number of methoxy groups -OCH3 is 1. The summed E-state index contributed by atoms with van der Waals surface area (Å²) in [5.74, 6) is -0.190. The Morgan fingerprint density at radius 3 is 2.36 bits per heavy atom.